The van der Waals surface area contributed by atoms with Crippen molar-refractivity contribution in [2.75, 3.05) is 26.2 Å². The van der Waals surface area contributed by atoms with Gasteiger partial charge in [0.1, 0.15) is 0 Å². The number of likely N-dealkylation sites (tertiary alicyclic amines) is 1. The summed E-state index contributed by atoms with van der Waals surface area (Å²) < 4.78 is 1.58. The van der Waals surface area contributed by atoms with Gasteiger partial charge in [0.05, 0.1) is 5.52 Å². The average Bonchev–Trinajstić information content (AvgIpc) is 2.62. The van der Waals surface area contributed by atoms with E-state index in [0.717, 1.165) is 37.5 Å². The van der Waals surface area contributed by atoms with E-state index in [-0.39, 0.29) is 11.1 Å². The molecule has 3 rings (SSSR count). The van der Waals surface area contributed by atoms with E-state index in [2.05, 4.69) is 22.2 Å². The number of hydrogen-bond acceptors (Lipinski definition) is 4. The van der Waals surface area contributed by atoms with Crippen molar-refractivity contribution in [2.24, 2.45) is 13.0 Å². The molecule has 1 atom stereocenters. The molecule has 134 valence electrons. The minimum Gasteiger partial charge on any atom is -0.350 e. The van der Waals surface area contributed by atoms with Crippen LogP contribution in [0.5, 0.6) is 0 Å². The van der Waals surface area contributed by atoms with E-state index in [1.54, 1.807) is 23.9 Å². The SMILES string of the molecule is CC1CCCN(CCCNC(=O)c2nn(C)c3ccccc3c2=O)C1. The second-order valence-corrected chi connectivity index (χ2v) is 6.98. The third-order valence-corrected chi connectivity index (χ3v) is 4.86. The van der Waals surface area contributed by atoms with Crippen LogP contribution in [0.4, 0.5) is 0 Å². The van der Waals surface area contributed by atoms with Crippen LogP contribution < -0.4 is 10.7 Å². The number of rotatable bonds is 5. The van der Waals surface area contributed by atoms with Crippen LogP contribution in [0.15, 0.2) is 29.1 Å². The van der Waals surface area contributed by atoms with Gasteiger partial charge in [-0.1, -0.05) is 19.1 Å². The van der Waals surface area contributed by atoms with Crippen LogP contribution in [0.3, 0.4) is 0 Å². The van der Waals surface area contributed by atoms with Gasteiger partial charge in [-0.15, -0.1) is 0 Å². The highest BCUT2D eigenvalue weighted by atomic mass is 16.2. The largest absolute Gasteiger partial charge is 0.350 e. The Bertz CT molecular complexity index is 815. The normalized spacial score (nSPS) is 18.4. The second kappa shape index (κ2) is 7.78. The Morgan fingerprint density at radius 1 is 1.36 bits per heavy atom. The molecule has 1 fully saturated rings. The van der Waals surface area contributed by atoms with Gasteiger partial charge in [0.15, 0.2) is 5.69 Å². The van der Waals surface area contributed by atoms with Crippen LogP contribution in [0.1, 0.15) is 36.7 Å². The number of para-hydroxylation sites is 1. The topological polar surface area (TPSA) is 67.2 Å². The first kappa shape index (κ1) is 17.6. The van der Waals surface area contributed by atoms with Gasteiger partial charge in [-0.2, -0.15) is 5.10 Å². The van der Waals surface area contributed by atoms with Crippen LogP contribution in [0, 0.1) is 5.92 Å². The number of nitrogens with one attached hydrogen (secondary N) is 1. The summed E-state index contributed by atoms with van der Waals surface area (Å²) in [5.74, 6) is 0.367. The number of amides is 1. The molecule has 0 radical (unpaired) electrons. The molecule has 1 unspecified atom stereocenters. The summed E-state index contributed by atoms with van der Waals surface area (Å²) >= 11 is 0. The molecule has 1 aliphatic heterocycles. The van der Waals surface area contributed by atoms with Gasteiger partial charge in [0.25, 0.3) is 5.91 Å². The summed E-state index contributed by atoms with van der Waals surface area (Å²) in [6.07, 6.45) is 3.45. The Morgan fingerprint density at radius 3 is 2.96 bits per heavy atom. The van der Waals surface area contributed by atoms with Crippen molar-refractivity contribution in [3.63, 3.8) is 0 Å². The Morgan fingerprint density at radius 2 is 2.16 bits per heavy atom. The maximum Gasteiger partial charge on any atom is 0.275 e. The van der Waals surface area contributed by atoms with Gasteiger partial charge in [-0.25, -0.2) is 0 Å². The van der Waals surface area contributed by atoms with Crippen molar-refractivity contribution in [1.82, 2.24) is 20.0 Å². The molecule has 1 aliphatic rings. The third-order valence-electron chi connectivity index (χ3n) is 4.86. The van der Waals surface area contributed by atoms with Gasteiger partial charge in [0.2, 0.25) is 5.43 Å². The van der Waals surface area contributed by atoms with E-state index >= 15 is 0 Å². The zero-order chi connectivity index (χ0) is 17.8. The zero-order valence-electron chi connectivity index (χ0n) is 15.0. The van der Waals surface area contributed by atoms with Gasteiger partial charge < -0.3 is 10.2 Å². The Balaban J connectivity index is 1.59. The highest BCUT2D eigenvalue weighted by molar-refractivity contribution is 5.95. The number of fused-ring (bicyclic) bond motifs is 1. The van der Waals surface area contributed by atoms with Crippen LogP contribution in [0.2, 0.25) is 0 Å². The number of aryl methyl sites for hydroxylation is 1. The Labute approximate surface area is 147 Å². The number of benzene rings is 1. The summed E-state index contributed by atoms with van der Waals surface area (Å²) in [4.78, 5) is 27.3. The number of carbonyl (C=O) groups is 1. The van der Waals surface area contributed by atoms with Crippen LogP contribution in [-0.4, -0.2) is 46.8 Å². The van der Waals surface area contributed by atoms with Crippen molar-refractivity contribution < 1.29 is 4.79 Å². The molecule has 1 aromatic heterocycles. The van der Waals surface area contributed by atoms with E-state index < -0.39 is 5.91 Å². The molecule has 2 aromatic rings. The van der Waals surface area contributed by atoms with E-state index in [0.29, 0.717) is 11.9 Å². The molecule has 0 bridgehead atoms. The lowest BCUT2D eigenvalue weighted by Gasteiger charge is -2.30. The maximum atomic E-state index is 12.5. The molecule has 1 saturated heterocycles. The molecular weight excluding hydrogens is 316 g/mol. The lowest BCUT2D eigenvalue weighted by Crippen LogP contribution is -2.37. The van der Waals surface area contributed by atoms with E-state index in [1.165, 1.54) is 12.8 Å². The van der Waals surface area contributed by atoms with Crippen LogP contribution in [0.25, 0.3) is 10.9 Å². The minimum atomic E-state index is -0.390. The maximum absolute atomic E-state index is 12.5. The summed E-state index contributed by atoms with van der Waals surface area (Å²) in [5, 5.41) is 7.52. The Hall–Kier alpha value is -2.21. The van der Waals surface area contributed by atoms with Gasteiger partial charge in [0, 0.05) is 25.5 Å². The summed E-state index contributed by atoms with van der Waals surface area (Å²) in [6.45, 7) is 6.11. The first-order chi connectivity index (χ1) is 12.1. The standard InChI is InChI=1S/C19H26N4O2/c1-14-7-5-11-23(13-14)12-6-10-20-19(25)17-18(24)15-8-3-4-9-16(15)22(2)21-17/h3-4,8-9,14H,5-7,10-13H2,1-2H3,(H,20,25). The van der Waals surface area contributed by atoms with Gasteiger partial charge in [-0.3, -0.25) is 14.3 Å². The first-order valence-corrected chi connectivity index (χ1v) is 9.03. The lowest BCUT2D eigenvalue weighted by atomic mass is 10.0. The minimum absolute atomic E-state index is 0.0344. The molecule has 1 aromatic carbocycles. The summed E-state index contributed by atoms with van der Waals surface area (Å²) in [6, 6.07) is 7.20. The zero-order valence-corrected chi connectivity index (χ0v) is 15.0. The van der Waals surface area contributed by atoms with Gasteiger partial charge >= 0.3 is 0 Å². The fraction of sp³-hybridized carbons (Fsp3) is 0.526. The van der Waals surface area contributed by atoms with E-state index in [9.17, 15) is 9.59 Å². The van der Waals surface area contributed by atoms with E-state index in [4.69, 9.17) is 0 Å². The smallest absolute Gasteiger partial charge is 0.275 e. The molecule has 1 amide bonds. The van der Waals surface area contributed by atoms with Crippen LogP contribution >= 0.6 is 0 Å². The number of piperidine rings is 1. The van der Waals surface area contributed by atoms with Gasteiger partial charge in [-0.05, 0) is 50.4 Å². The molecule has 0 saturated carbocycles. The first-order valence-electron chi connectivity index (χ1n) is 9.03. The molecule has 0 spiro atoms. The molecule has 0 aliphatic carbocycles. The summed E-state index contributed by atoms with van der Waals surface area (Å²) in [5.41, 5.74) is 0.382. The quantitative estimate of drug-likeness (QED) is 0.841. The van der Waals surface area contributed by atoms with Crippen molar-refractivity contribution in [3.8, 4) is 0 Å². The Kier molecular flexibility index (Phi) is 5.48. The van der Waals surface area contributed by atoms with Crippen molar-refractivity contribution in [1.29, 1.82) is 0 Å². The molecular formula is C19H26N4O2. The van der Waals surface area contributed by atoms with E-state index in [1.807, 2.05) is 12.1 Å². The molecule has 2 heterocycles. The third kappa shape index (κ3) is 4.07. The predicted octanol–water partition coefficient (Wildman–Crippen LogP) is 1.79. The molecule has 25 heavy (non-hydrogen) atoms. The average molecular weight is 342 g/mol. The number of hydrogen-bond donors (Lipinski definition) is 1. The van der Waals surface area contributed by atoms with Crippen molar-refractivity contribution in [2.45, 2.75) is 26.2 Å². The van der Waals surface area contributed by atoms with Crippen molar-refractivity contribution in [3.05, 3.63) is 40.2 Å². The van der Waals surface area contributed by atoms with Crippen molar-refractivity contribution >= 4 is 16.8 Å². The monoisotopic (exact) mass is 342 g/mol. The van der Waals surface area contributed by atoms with Crippen LogP contribution in [-0.2, 0) is 7.05 Å². The fourth-order valence-corrected chi connectivity index (χ4v) is 3.55. The lowest BCUT2D eigenvalue weighted by molar-refractivity contribution is 0.0942. The number of carbonyl (C=O) groups excluding carboxylic acids is 1. The molecule has 1 N–H and O–H groups in total. The molecule has 6 nitrogen and oxygen atoms in total. The second-order valence-electron chi connectivity index (χ2n) is 6.98. The molecule has 6 heteroatoms. The summed E-state index contributed by atoms with van der Waals surface area (Å²) in [7, 11) is 1.75. The number of nitrogens with zero attached hydrogens (tertiary/aromatic N) is 3. The highest BCUT2D eigenvalue weighted by Gasteiger charge is 2.17. The highest BCUT2D eigenvalue weighted by Crippen LogP contribution is 2.15. The fourth-order valence-electron chi connectivity index (χ4n) is 3.55. The predicted molar refractivity (Wildman–Crippen MR) is 98.8 cm³/mol. The number of aromatic nitrogens is 2.